The zero-order chi connectivity index (χ0) is 14.7. The van der Waals surface area contributed by atoms with E-state index in [4.69, 9.17) is 9.47 Å². The van der Waals surface area contributed by atoms with Crippen LogP contribution < -0.4 is 0 Å². The number of methoxy groups -OCH3 is 1. The maximum Gasteiger partial charge on any atom is 0.306 e. The van der Waals surface area contributed by atoms with Gasteiger partial charge in [0.2, 0.25) is 0 Å². The van der Waals surface area contributed by atoms with Gasteiger partial charge in [-0.05, 0) is 49.1 Å². The van der Waals surface area contributed by atoms with Crippen LogP contribution in [0.4, 0.5) is 0 Å². The molecule has 0 radical (unpaired) electrons. The minimum absolute atomic E-state index is 0.0482. The molecule has 0 aromatic heterocycles. The Morgan fingerprint density at radius 1 is 1.14 bits per heavy atom. The smallest absolute Gasteiger partial charge is 0.306 e. The van der Waals surface area contributed by atoms with Gasteiger partial charge in [0.25, 0.3) is 0 Å². The lowest BCUT2D eigenvalue weighted by Crippen LogP contribution is -2.35. The van der Waals surface area contributed by atoms with Crippen LogP contribution in [0.1, 0.15) is 55.6 Å². The molecule has 0 aliphatic heterocycles. The van der Waals surface area contributed by atoms with E-state index >= 15 is 0 Å². The monoisotopic (exact) mass is 288 g/mol. The van der Waals surface area contributed by atoms with Gasteiger partial charge in [0.15, 0.2) is 0 Å². The van der Waals surface area contributed by atoms with Crippen molar-refractivity contribution in [2.45, 2.75) is 63.1 Å². The van der Waals surface area contributed by atoms with Crippen molar-refractivity contribution < 1.29 is 14.3 Å². The molecule has 3 heteroatoms. The van der Waals surface area contributed by atoms with Crippen LogP contribution in [0.5, 0.6) is 0 Å². The van der Waals surface area contributed by atoms with Crippen LogP contribution in [0.2, 0.25) is 0 Å². The lowest BCUT2D eigenvalue weighted by atomic mass is 9.94. The summed E-state index contributed by atoms with van der Waals surface area (Å²) in [5.74, 6) is 0.268. The molecule has 1 aromatic carbocycles. The van der Waals surface area contributed by atoms with Crippen molar-refractivity contribution in [1.29, 1.82) is 0 Å². The van der Waals surface area contributed by atoms with Gasteiger partial charge in [0, 0.05) is 7.11 Å². The summed E-state index contributed by atoms with van der Waals surface area (Å²) in [6, 6.07) is 8.46. The first-order valence-corrected chi connectivity index (χ1v) is 8.08. The van der Waals surface area contributed by atoms with Crippen molar-refractivity contribution >= 4 is 5.97 Å². The third-order valence-electron chi connectivity index (χ3n) is 4.90. The number of fused-ring (bicyclic) bond motifs is 1. The average molecular weight is 288 g/mol. The standard InChI is InChI=1S/C18H24O3/c1-20-16-8-4-5-9-17(16)21-18(19)12-14-11-10-13-6-2-3-7-15(13)14/h2-3,6-7,14,16-17H,4-5,8-12H2,1H3. The molecule has 1 aromatic rings. The molecular weight excluding hydrogens is 264 g/mol. The van der Waals surface area contributed by atoms with E-state index in [9.17, 15) is 4.79 Å². The van der Waals surface area contributed by atoms with Crippen molar-refractivity contribution in [2.24, 2.45) is 0 Å². The quantitative estimate of drug-likeness (QED) is 0.794. The van der Waals surface area contributed by atoms with Crippen LogP contribution in [-0.4, -0.2) is 25.3 Å². The second kappa shape index (κ2) is 6.61. The normalized spacial score (nSPS) is 28.1. The molecule has 3 nitrogen and oxygen atoms in total. The number of hydrogen-bond donors (Lipinski definition) is 0. The maximum atomic E-state index is 12.3. The van der Waals surface area contributed by atoms with Crippen LogP contribution >= 0.6 is 0 Å². The number of ether oxygens (including phenoxy) is 2. The molecular formula is C18H24O3. The minimum atomic E-state index is -0.0642. The molecule has 0 N–H and O–H groups in total. The molecule has 0 heterocycles. The number of carbonyl (C=O) groups is 1. The predicted octanol–water partition coefficient (Wildman–Crippen LogP) is 3.61. The molecule has 2 aliphatic carbocycles. The summed E-state index contributed by atoms with van der Waals surface area (Å²) < 4.78 is 11.2. The van der Waals surface area contributed by atoms with E-state index in [1.807, 2.05) is 0 Å². The van der Waals surface area contributed by atoms with Gasteiger partial charge in [0.1, 0.15) is 6.10 Å². The van der Waals surface area contributed by atoms with E-state index in [1.165, 1.54) is 17.5 Å². The molecule has 0 saturated heterocycles. The Bertz CT molecular complexity index is 497. The molecule has 3 unspecified atom stereocenters. The first-order valence-electron chi connectivity index (χ1n) is 8.08. The topological polar surface area (TPSA) is 35.5 Å². The lowest BCUT2D eigenvalue weighted by molar-refractivity contribution is -0.159. The van der Waals surface area contributed by atoms with Gasteiger partial charge in [0.05, 0.1) is 12.5 Å². The number of hydrogen-bond acceptors (Lipinski definition) is 3. The van der Waals surface area contributed by atoms with Crippen molar-refractivity contribution in [3.05, 3.63) is 35.4 Å². The van der Waals surface area contributed by atoms with Crippen LogP contribution in [0.3, 0.4) is 0 Å². The molecule has 3 atom stereocenters. The molecule has 0 amide bonds. The Morgan fingerprint density at radius 3 is 2.71 bits per heavy atom. The zero-order valence-corrected chi connectivity index (χ0v) is 12.7. The summed E-state index contributed by atoms with van der Waals surface area (Å²) >= 11 is 0. The summed E-state index contributed by atoms with van der Waals surface area (Å²) in [5.41, 5.74) is 2.73. The maximum absolute atomic E-state index is 12.3. The van der Waals surface area contributed by atoms with Gasteiger partial charge in [-0.3, -0.25) is 4.79 Å². The predicted molar refractivity (Wildman–Crippen MR) is 81.3 cm³/mol. The van der Waals surface area contributed by atoms with E-state index < -0.39 is 0 Å². The minimum Gasteiger partial charge on any atom is -0.460 e. The highest BCUT2D eigenvalue weighted by Gasteiger charge is 2.30. The Kier molecular flexibility index (Phi) is 4.59. The summed E-state index contributed by atoms with van der Waals surface area (Å²) in [4.78, 5) is 12.3. The van der Waals surface area contributed by atoms with Crippen molar-refractivity contribution in [3.8, 4) is 0 Å². The summed E-state index contributed by atoms with van der Waals surface area (Å²) in [7, 11) is 1.71. The second-order valence-corrected chi connectivity index (χ2v) is 6.23. The Hall–Kier alpha value is -1.35. The van der Waals surface area contributed by atoms with Crippen LogP contribution in [0.15, 0.2) is 24.3 Å². The second-order valence-electron chi connectivity index (χ2n) is 6.23. The number of benzene rings is 1. The summed E-state index contributed by atoms with van der Waals surface area (Å²) in [6.45, 7) is 0. The molecule has 2 aliphatic rings. The van der Waals surface area contributed by atoms with Gasteiger partial charge < -0.3 is 9.47 Å². The fourth-order valence-electron chi connectivity index (χ4n) is 3.74. The molecule has 1 saturated carbocycles. The van der Waals surface area contributed by atoms with Gasteiger partial charge in [-0.1, -0.05) is 30.7 Å². The highest BCUT2D eigenvalue weighted by atomic mass is 16.6. The third-order valence-corrected chi connectivity index (χ3v) is 4.90. The first-order chi connectivity index (χ1) is 10.3. The van der Waals surface area contributed by atoms with Gasteiger partial charge in [-0.25, -0.2) is 0 Å². The Balaban J connectivity index is 1.57. The SMILES string of the molecule is COC1CCCCC1OC(=O)CC1CCc2ccccc21. The molecule has 114 valence electrons. The number of carbonyl (C=O) groups excluding carboxylic acids is 1. The van der Waals surface area contributed by atoms with Crippen LogP contribution in [0, 0.1) is 0 Å². The fraction of sp³-hybridized carbons (Fsp3) is 0.611. The molecule has 0 spiro atoms. The first kappa shape index (κ1) is 14.6. The van der Waals surface area contributed by atoms with E-state index in [2.05, 4.69) is 24.3 Å². The van der Waals surface area contributed by atoms with E-state index in [0.717, 1.165) is 32.1 Å². The van der Waals surface area contributed by atoms with Crippen LogP contribution in [-0.2, 0) is 20.7 Å². The molecule has 3 rings (SSSR count). The average Bonchev–Trinajstić information content (AvgIpc) is 2.91. The van der Waals surface area contributed by atoms with Gasteiger partial charge in [-0.15, -0.1) is 0 Å². The van der Waals surface area contributed by atoms with Crippen molar-refractivity contribution in [2.75, 3.05) is 7.11 Å². The summed E-state index contributed by atoms with van der Waals surface area (Å²) in [6.07, 6.45) is 6.92. The van der Waals surface area contributed by atoms with E-state index in [0.29, 0.717) is 12.3 Å². The highest BCUT2D eigenvalue weighted by Crippen LogP contribution is 2.35. The Labute approximate surface area is 126 Å². The van der Waals surface area contributed by atoms with Crippen molar-refractivity contribution in [1.82, 2.24) is 0 Å². The number of esters is 1. The zero-order valence-electron chi connectivity index (χ0n) is 12.7. The van der Waals surface area contributed by atoms with E-state index in [-0.39, 0.29) is 18.2 Å². The number of aryl methyl sites for hydroxylation is 1. The Morgan fingerprint density at radius 2 is 1.90 bits per heavy atom. The largest absolute Gasteiger partial charge is 0.460 e. The van der Waals surface area contributed by atoms with Gasteiger partial charge in [-0.2, -0.15) is 0 Å². The summed E-state index contributed by atoms with van der Waals surface area (Å²) in [5, 5.41) is 0. The molecule has 0 bridgehead atoms. The van der Waals surface area contributed by atoms with Gasteiger partial charge >= 0.3 is 5.97 Å². The third kappa shape index (κ3) is 3.29. The van der Waals surface area contributed by atoms with Crippen molar-refractivity contribution in [3.63, 3.8) is 0 Å². The fourth-order valence-corrected chi connectivity index (χ4v) is 3.74. The van der Waals surface area contributed by atoms with Crippen LogP contribution in [0.25, 0.3) is 0 Å². The number of rotatable bonds is 4. The lowest BCUT2D eigenvalue weighted by Gasteiger charge is -2.30. The highest BCUT2D eigenvalue weighted by molar-refractivity contribution is 5.71. The van der Waals surface area contributed by atoms with E-state index in [1.54, 1.807) is 7.11 Å². The molecule has 1 fully saturated rings. The molecule has 21 heavy (non-hydrogen) atoms.